The van der Waals surface area contributed by atoms with E-state index in [0.717, 1.165) is 12.8 Å². The SMILES string of the molecule is CCC1CCOC(=O)S1. The van der Waals surface area contributed by atoms with E-state index in [1.807, 2.05) is 0 Å². The molecule has 2 nitrogen and oxygen atoms in total. The number of carbonyl (C=O) groups excluding carboxylic acids is 1. The molecule has 0 N–H and O–H groups in total. The van der Waals surface area contributed by atoms with Gasteiger partial charge in [0.05, 0.1) is 6.61 Å². The molecule has 52 valence electrons. The van der Waals surface area contributed by atoms with Gasteiger partial charge in [-0.25, -0.2) is 4.79 Å². The number of ether oxygens (including phenoxy) is 1. The van der Waals surface area contributed by atoms with Crippen LogP contribution in [-0.2, 0) is 4.74 Å². The Morgan fingerprint density at radius 2 is 2.67 bits per heavy atom. The van der Waals surface area contributed by atoms with Crippen LogP contribution in [0.25, 0.3) is 0 Å². The molecule has 1 aliphatic heterocycles. The molecule has 0 amide bonds. The van der Waals surface area contributed by atoms with Crippen molar-refractivity contribution in [1.82, 2.24) is 0 Å². The summed E-state index contributed by atoms with van der Waals surface area (Å²) in [7, 11) is 0. The van der Waals surface area contributed by atoms with Crippen LogP contribution in [0.5, 0.6) is 0 Å². The second-order valence-corrected chi connectivity index (χ2v) is 3.27. The number of rotatable bonds is 1. The van der Waals surface area contributed by atoms with Gasteiger partial charge in [-0.1, -0.05) is 6.92 Å². The lowest BCUT2D eigenvalue weighted by molar-refractivity contribution is 0.168. The zero-order valence-corrected chi connectivity index (χ0v) is 6.24. The zero-order valence-electron chi connectivity index (χ0n) is 5.42. The maximum atomic E-state index is 10.6. The maximum absolute atomic E-state index is 10.6. The van der Waals surface area contributed by atoms with Gasteiger partial charge in [-0.2, -0.15) is 0 Å². The van der Waals surface area contributed by atoms with Crippen molar-refractivity contribution in [2.24, 2.45) is 0 Å². The monoisotopic (exact) mass is 146 g/mol. The van der Waals surface area contributed by atoms with Gasteiger partial charge in [0.1, 0.15) is 0 Å². The van der Waals surface area contributed by atoms with Gasteiger partial charge in [0.15, 0.2) is 0 Å². The van der Waals surface area contributed by atoms with Crippen molar-refractivity contribution in [2.75, 3.05) is 6.61 Å². The smallest absolute Gasteiger partial charge is 0.367 e. The molecule has 1 unspecified atom stereocenters. The Balaban J connectivity index is 2.32. The topological polar surface area (TPSA) is 26.3 Å². The number of thioether (sulfide) groups is 1. The van der Waals surface area contributed by atoms with Gasteiger partial charge in [0.2, 0.25) is 0 Å². The first-order valence-electron chi connectivity index (χ1n) is 3.16. The lowest BCUT2D eigenvalue weighted by Crippen LogP contribution is -2.17. The minimum absolute atomic E-state index is 0.104. The maximum Gasteiger partial charge on any atom is 0.367 e. The van der Waals surface area contributed by atoms with Gasteiger partial charge in [-0.3, -0.25) is 0 Å². The lowest BCUT2D eigenvalue weighted by atomic mass is 10.2. The molecule has 9 heavy (non-hydrogen) atoms. The summed E-state index contributed by atoms with van der Waals surface area (Å²) in [6.45, 7) is 2.71. The molecule has 0 aliphatic carbocycles. The van der Waals surface area contributed by atoms with Crippen molar-refractivity contribution in [2.45, 2.75) is 25.0 Å². The third-order valence-corrected chi connectivity index (χ3v) is 2.59. The highest BCUT2D eigenvalue weighted by Crippen LogP contribution is 2.24. The van der Waals surface area contributed by atoms with E-state index in [0.29, 0.717) is 11.9 Å². The molecule has 0 aromatic carbocycles. The molecule has 3 heteroatoms. The van der Waals surface area contributed by atoms with Crippen LogP contribution < -0.4 is 0 Å². The fourth-order valence-electron chi connectivity index (χ4n) is 0.790. The molecule has 0 bridgehead atoms. The van der Waals surface area contributed by atoms with Gasteiger partial charge >= 0.3 is 5.30 Å². The molecular weight excluding hydrogens is 136 g/mol. The van der Waals surface area contributed by atoms with Crippen LogP contribution in [0.15, 0.2) is 0 Å². The third kappa shape index (κ3) is 1.90. The first-order valence-corrected chi connectivity index (χ1v) is 4.04. The molecule has 1 saturated heterocycles. The van der Waals surface area contributed by atoms with Crippen LogP contribution in [0.1, 0.15) is 19.8 Å². The van der Waals surface area contributed by atoms with Crippen molar-refractivity contribution < 1.29 is 9.53 Å². The van der Waals surface area contributed by atoms with E-state index in [-0.39, 0.29) is 5.30 Å². The van der Waals surface area contributed by atoms with Crippen LogP contribution in [-0.4, -0.2) is 17.2 Å². The van der Waals surface area contributed by atoms with E-state index in [2.05, 4.69) is 6.92 Å². The number of cyclic esters (lactones) is 1. The number of carbonyl (C=O) groups is 1. The van der Waals surface area contributed by atoms with E-state index < -0.39 is 0 Å². The van der Waals surface area contributed by atoms with E-state index in [1.165, 1.54) is 11.8 Å². The zero-order chi connectivity index (χ0) is 6.69. The molecule has 0 spiro atoms. The third-order valence-electron chi connectivity index (χ3n) is 1.38. The van der Waals surface area contributed by atoms with Crippen LogP contribution in [0.2, 0.25) is 0 Å². The summed E-state index contributed by atoms with van der Waals surface area (Å²) >= 11 is 1.33. The predicted octanol–water partition coefficient (Wildman–Crippen LogP) is 2.04. The van der Waals surface area contributed by atoms with Crippen molar-refractivity contribution >= 4 is 17.1 Å². The number of hydrogen-bond donors (Lipinski definition) is 0. The molecular formula is C6H10O2S. The number of hydrogen-bond acceptors (Lipinski definition) is 3. The fraction of sp³-hybridized carbons (Fsp3) is 0.833. The average Bonchev–Trinajstić information content (AvgIpc) is 1.88. The highest BCUT2D eigenvalue weighted by Gasteiger charge is 2.18. The summed E-state index contributed by atoms with van der Waals surface area (Å²) in [5.74, 6) is 0. The van der Waals surface area contributed by atoms with Gasteiger partial charge in [-0.15, -0.1) is 0 Å². The predicted molar refractivity (Wildman–Crippen MR) is 37.6 cm³/mol. The van der Waals surface area contributed by atoms with Crippen LogP contribution in [0.4, 0.5) is 4.79 Å². The summed E-state index contributed by atoms with van der Waals surface area (Å²) in [6.07, 6.45) is 2.09. The van der Waals surface area contributed by atoms with Gasteiger partial charge < -0.3 is 4.74 Å². The average molecular weight is 146 g/mol. The molecule has 0 radical (unpaired) electrons. The summed E-state index contributed by atoms with van der Waals surface area (Å²) in [5, 5.41) is 0.402. The van der Waals surface area contributed by atoms with Crippen LogP contribution in [0, 0.1) is 0 Å². The molecule has 0 saturated carbocycles. The van der Waals surface area contributed by atoms with Crippen LogP contribution >= 0.6 is 11.8 Å². The molecule has 0 aromatic rings. The quantitative estimate of drug-likeness (QED) is 0.529. The largest absolute Gasteiger partial charge is 0.458 e. The second-order valence-electron chi connectivity index (χ2n) is 2.04. The van der Waals surface area contributed by atoms with E-state index in [4.69, 9.17) is 4.74 Å². The Bertz CT molecular complexity index is 114. The second kappa shape index (κ2) is 3.11. The Morgan fingerprint density at radius 3 is 3.11 bits per heavy atom. The highest BCUT2D eigenvalue weighted by atomic mass is 32.2. The standard InChI is InChI=1S/C6H10O2S/c1-2-5-3-4-8-6(7)9-5/h5H,2-4H2,1H3. The van der Waals surface area contributed by atoms with Gasteiger partial charge in [-0.05, 0) is 24.6 Å². The van der Waals surface area contributed by atoms with E-state index in [9.17, 15) is 4.79 Å². The Labute approximate surface area is 59.0 Å². The van der Waals surface area contributed by atoms with Crippen molar-refractivity contribution in [1.29, 1.82) is 0 Å². The summed E-state index contributed by atoms with van der Waals surface area (Å²) < 4.78 is 4.73. The molecule has 1 heterocycles. The first-order chi connectivity index (χ1) is 4.33. The summed E-state index contributed by atoms with van der Waals surface area (Å²) in [4.78, 5) is 10.6. The lowest BCUT2D eigenvalue weighted by Gasteiger charge is -2.18. The van der Waals surface area contributed by atoms with E-state index >= 15 is 0 Å². The minimum Gasteiger partial charge on any atom is -0.458 e. The van der Waals surface area contributed by atoms with Crippen LogP contribution in [0.3, 0.4) is 0 Å². The minimum atomic E-state index is -0.104. The van der Waals surface area contributed by atoms with Crippen molar-refractivity contribution in [3.8, 4) is 0 Å². The Hall–Kier alpha value is -0.180. The Kier molecular flexibility index (Phi) is 2.39. The van der Waals surface area contributed by atoms with Crippen molar-refractivity contribution in [3.05, 3.63) is 0 Å². The first kappa shape index (κ1) is 6.93. The highest BCUT2D eigenvalue weighted by molar-refractivity contribution is 8.13. The molecule has 1 atom stereocenters. The van der Waals surface area contributed by atoms with Gasteiger partial charge in [0, 0.05) is 5.25 Å². The Morgan fingerprint density at radius 1 is 1.89 bits per heavy atom. The van der Waals surface area contributed by atoms with E-state index in [1.54, 1.807) is 0 Å². The molecule has 0 aromatic heterocycles. The normalized spacial score (nSPS) is 27.7. The molecule has 1 rings (SSSR count). The van der Waals surface area contributed by atoms with Gasteiger partial charge in [0.25, 0.3) is 0 Å². The molecule has 1 aliphatic rings. The van der Waals surface area contributed by atoms with Crippen molar-refractivity contribution in [3.63, 3.8) is 0 Å². The summed E-state index contributed by atoms with van der Waals surface area (Å²) in [5.41, 5.74) is 0. The fourth-order valence-corrected chi connectivity index (χ4v) is 1.59. The molecule has 1 fully saturated rings. The summed E-state index contributed by atoms with van der Waals surface area (Å²) in [6, 6.07) is 0.